The predicted octanol–water partition coefficient (Wildman–Crippen LogP) is 4.27. The molecule has 2 aromatic carbocycles. The van der Waals surface area contributed by atoms with Crippen molar-refractivity contribution >= 4 is 23.0 Å². The lowest BCUT2D eigenvalue weighted by Crippen LogP contribution is -2.36. The summed E-state index contributed by atoms with van der Waals surface area (Å²) < 4.78 is 5.22. The van der Waals surface area contributed by atoms with Crippen molar-refractivity contribution in [1.29, 1.82) is 0 Å². The number of nitro benzene ring substituents is 1. The van der Waals surface area contributed by atoms with Crippen molar-refractivity contribution < 1.29 is 14.5 Å². The van der Waals surface area contributed by atoms with E-state index in [1.807, 2.05) is 29.2 Å². The fourth-order valence-corrected chi connectivity index (χ4v) is 3.20. The van der Waals surface area contributed by atoms with Gasteiger partial charge in [-0.05, 0) is 37.1 Å². The van der Waals surface area contributed by atoms with Crippen LogP contribution in [0.1, 0.15) is 36.0 Å². The van der Waals surface area contributed by atoms with Gasteiger partial charge in [0.2, 0.25) is 0 Å². The third kappa shape index (κ3) is 4.73. The highest BCUT2D eigenvalue weighted by Gasteiger charge is 2.20. The second-order valence-electron chi connectivity index (χ2n) is 6.62. The Morgan fingerprint density at radius 1 is 1.18 bits per heavy atom. The lowest BCUT2D eigenvalue weighted by atomic mass is 10.1. The number of amidine groups is 1. The standard InChI is InChI=1S/C21H23N3O4/c1-28-19-11-9-17(10-12-19)23(21-8-3-2-4-13-22-21)15-20(25)16-6-5-7-18(14-16)24(26)27/h5-7,9-12,14H,2-4,8,13,15H2,1H3. The molecule has 7 nitrogen and oxygen atoms in total. The minimum absolute atomic E-state index is 0.0757. The molecule has 1 heterocycles. The van der Waals surface area contributed by atoms with Crippen molar-refractivity contribution in [3.8, 4) is 5.75 Å². The lowest BCUT2D eigenvalue weighted by Gasteiger charge is -2.25. The summed E-state index contributed by atoms with van der Waals surface area (Å²) in [5.41, 5.74) is 1.08. The number of rotatable bonds is 6. The zero-order valence-electron chi connectivity index (χ0n) is 15.8. The topological polar surface area (TPSA) is 85.0 Å². The Morgan fingerprint density at radius 3 is 2.68 bits per heavy atom. The number of methoxy groups -OCH3 is 1. The van der Waals surface area contributed by atoms with Crippen molar-refractivity contribution in [2.45, 2.75) is 25.7 Å². The van der Waals surface area contributed by atoms with Gasteiger partial charge in [-0.1, -0.05) is 18.6 Å². The number of benzene rings is 2. The smallest absolute Gasteiger partial charge is 0.270 e. The van der Waals surface area contributed by atoms with Gasteiger partial charge >= 0.3 is 0 Å². The number of nitro groups is 1. The van der Waals surface area contributed by atoms with Crippen LogP contribution >= 0.6 is 0 Å². The van der Waals surface area contributed by atoms with Gasteiger partial charge in [-0.25, -0.2) is 0 Å². The summed E-state index contributed by atoms with van der Waals surface area (Å²) in [6, 6.07) is 13.3. The van der Waals surface area contributed by atoms with Crippen LogP contribution < -0.4 is 9.64 Å². The highest BCUT2D eigenvalue weighted by molar-refractivity contribution is 6.07. The van der Waals surface area contributed by atoms with Gasteiger partial charge in [0.1, 0.15) is 11.6 Å². The van der Waals surface area contributed by atoms with Crippen molar-refractivity contribution in [1.82, 2.24) is 0 Å². The molecule has 1 aliphatic heterocycles. The van der Waals surface area contributed by atoms with E-state index >= 15 is 0 Å². The van der Waals surface area contributed by atoms with Crippen molar-refractivity contribution in [2.24, 2.45) is 4.99 Å². The van der Waals surface area contributed by atoms with Crippen LogP contribution in [0.5, 0.6) is 5.75 Å². The van der Waals surface area contributed by atoms with Crippen molar-refractivity contribution in [3.05, 3.63) is 64.2 Å². The molecule has 7 heteroatoms. The van der Waals surface area contributed by atoms with Crippen LogP contribution in [-0.2, 0) is 0 Å². The number of nitrogens with zero attached hydrogens (tertiary/aromatic N) is 3. The van der Waals surface area contributed by atoms with Crippen LogP contribution in [0.25, 0.3) is 0 Å². The number of hydrogen-bond acceptors (Lipinski definition) is 6. The number of Topliss-reactive ketones (excluding diaryl/α,β-unsaturated/α-hetero) is 1. The van der Waals surface area contributed by atoms with E-state index in [1.54, 1.807) is 13.2 Å². The molecule has 2 aromatic rings. The molecule has 0 saturated carbocycles. The molecule has 0 radical (unpaired) electrons. The summed E-state index contributed by atoms with van der Waals surface area (Å²) in [6.45, 7) is 0.819. The molecule has 0 N–H and O–H groups in total. The van der Waals surface area contributed by atoms with Crippen molar-refractivity contribution in [3.63, 3.8) is 0 Å². The number of carbonyl (C=O) groups excluding carboxylic acids is 1. The number of aliphatic imine (C=N–C) groups is 1. The Kier molecular flexibility index (Phi) is 6.37. The van der Waals surface area contributed by atoms with E-state index in [0.717, 1.165) is 49.5 Å². The van der Waals surface area contributed by atoms with Crippen LogP contribution in [-0.4, -0.2) is 36.7 Å². The van der Waals surface area contributed by atoms with Gasteiger partial charge in [0.25, 0.3) is 5.69 Å². The molecule has 1 aliphatic rings. The minimum Gasteiger partial charge on any atom is -0.497 e. The second kappa shape index (κ2) is 9.12. The molecule has 3 rings (SSSR count). The van der Waals surface area contributed by atoms with E-state index in [0.29, 0.717) is 5.56 Å². The van der Waals surface area contributed by atoms with E-state index in [2.05, 4.69) is 4.99 Å². The van der Waals surface area contributed by atoms with Crippen LogP contribution in [0.3, 0.4) is 0 Å². The van der Waals surface area contributed by atoms with Crippen molar-refractivity contribution in [2.75, 3.05) is 25.1 Å². The van der Waals surface area contributed by atoms with Gasteiger partial charge in [0.05, 0.1) is 18.6 Å². The van der Waals surface area contributed by atoms with E-state index in [-0.39, 0.29) is 18.0 Å². The third-order valence-corrected chi connectivity index (χ3v) is 4.73. The summed E-state index contributed by atoms with van der Waals surface area (Å²) in [7, 11) is 1.61. The summed E-state index contributed by atoms with van der Waals surface area (Å²) in [5.74, 6) is 1.42. The van der Waals surface area contributed by atoms with Gasteiger partial charge in [-0.2, -0.15) is 0 Å². The maximum atomic E-state index is 12.9. The quantitative estimate of drug-likeness (QED) is 0.424. The molecule has 0 bridgehead atoms. The molecular formula is C21H23N3O4. The maximum Gasteiger partial charge on any atom is 0.270 e. The molecule has 0 spiro atoms. The Morgan fingerprint density at radius 2 is 1.96 bits per heavy atom. The first-order valence-corrected chi connectivity index (χ1v) is 9.31. The van der Waals surface area contributed by atoms with Gasteiger partial charge in [-0.3, -0.25) is 19.9 Å². The number of carbonyl (C=O) groups is 1. The Balaban J connectivity index is 1.89. The van der Waals surface area contributed by atoms with Crippen LogP contribution in [0.15, 0.2) is 53.5 Å². The molecule has 0 aromatic heterocycles. The van der Waals surface area contributed by atoms with Gasteiger partial charge in [0.15, 0.2) is 5.78 Å². The first-order chi connectivity index (χ1) is 13.6. The first-order valence-electron chi connectivity index (χ1n) is 9.31. The number of ketones is 1. The Hall–Kier alpha value is -3.22. The Bertz CT molecular complexity index is 877. The van der Waals surface area contributed by atoms with E-state index < -0.39 is 4.92 Å². The zero-order chi connectivity index (χ0) is 19.9. The van der Waals surface area contributed by atoms with Crippen LogP contribution in [0, 0.1) is 10.1 Å². The van der Waals surface area contributed by atoms with E-state index in [1.165, 1.54) is 18.2 Å². The molecule has 0 amide bonds. The maximum absolute atomic E-state index is 12.9. The Labute approximate surface area is 163 Å². The first kappa shape index (κ1) is 19.5. The zero-order valence-corrected chi connectivity index (χ0v) is 15.8. The number of anilines is 1. The SMILES string of the molecule is COc1ccc(N(CC(=O)c2cccc([N+](=O)[O-])c2)C2=NCCCCC2)cc1. The third-order valence-electron chi connectivity index (χ3n) is 4.73. The van der Waals surface area contributed by atoms with Crippen LogP contribution in [0.2, 0.25) is 0 Å². The molecule has 146 valence electrons. The lowest BCUT2D eigenvalue weighted by molar-refractivity contribution is -0.384. The summed E-state index contributed by atoms with van der Waals surface area (Å²) in [4.78, 5) is 30.0. The molecule has 0 saturated heterocycles. The second-order valence-corrected chi connectivity index (χ2v) is 6.62. The van der Waals surface area contributed by atoms with Crippen LogP contribution in [0.4, 0.5) is 11.4 Å². The normalized spacial score (nSPS) is 14.0. The molecular weight excluding hydrogens is 358 g/mol. The molecule has 28 heavy (non-hydrogen) atoms. The number of non-ortho nitro benzene ring substituents is 1. The fourth-order valence-electron chi connectivity index (χ4n) is 3.20. The largest absolute Gasteiger partial charge is 0.497 e. The number of ether oxygens (including phenoxy) is 1. The highest BCUT2D eigenvalue weighted by atomic mass is 16.6. The average Bonchev–Trinajstić information content (AvgIpc) is 3.01. The minimum atomic E-state index is -0.493. The van der Waals surface area contributed by atoms with E-state index in [9.17, 15) is 14.9 Å². The average molecular weight is 381 g/mol. The summed E-state index contributed by atoms with van der Waals surface area (Å²) in [5, 5.41) is 11.0. The van der Waals surface area contributed by atoms with Gasteiger partial charge in [0, 0.05) is 36.3 Å². The molecule has 0 aliphatic carbocycles. The fraction of sp³-hybridized carbons (Fsp3) is 0.333. The predicted molar refractivity (Wildman–Crippen MR) is 109 cm³/mol. The van der Waals surface area contributed by atoms with E-state index in [4.69, 9.17) is 4.74 Å². The summed E-state index contributed by atoms with van der Waals surface area (Å²) >= 11 is 0. The van der Waals surface area contributed by atoms with Gasteiger partial charge < -0.3 is 9.64 Å². The van der Waals surface area contributed by atoms with Gasteiger partial charge in [-0.15, -0.1) is 0 Å². The molecule has 0 atom stereocenters. The highest BCUT2D eigenvalue weighted by Crippen LogP contribution is 2.23. The summed E-state index contributed by atoms with van der Waals surface area (Å²) in [6.07, 6.45) is 3.98. The number of hydrogen-bond donors (Lipinski definition) is 0. The molecule has 0 fully saturated rings. The molecule has 0 unspecified atom stereocenters. The monoisotopic (exact) mass is 381 g/mol.